The van der Waals surface area contributed by atoms with E-state index in [1.54, 1.807) is 0 Å². The Kier molecular flexibility index (Phi) is 3.05. The van der Waals surface area contributed by atoms with Crippen LogP contribution in [-0.2, 0) is 0 Å². The van der Waals surface area contributed by atoms with E-state index in [1.807, 2.05) is 43.3 Å². The average Bonchev–Trinajstić information content (AvgIpc) is 2.46. The standard InChI is InChI=1S/C16H16N2O/c1-11(10-19)17-16-12-6-2-4-8-14(12)18-15-9-5-3-7-13(15)16/h2-9,11,19H,10H2,1H3,(H,17,18). The maximum absolute atomic E-state index is 9.26. The van der Waals surface area contributed by atoms with Crippen LogP contribution in [0.4, 0.5) is 5.69 Å². The summed E-state index contributed by atoms with van der Waals surface area (Å²) in [5.41, 5.74) is 2.98. The van der Waals surface area contributed by atoms with Crippen LogP contribution in [0.25, 0.3) is 21.8 Å². The van der Waals surface area contributed by atoms with Crippen molar-refractivity contribution in [3.05, 3.63) is 48.5 Å². The number of nitrogens with zero attached hydrogens (tertiary/aromatic N) is 1. The fourth-order valence-corrected chi connectivity index (χ4v) is 2.29. The van der Waals surface area contributed by atoms with Gasteiger partial charge < -0.3 is 10.4 Å². The van der Waals surface area contributed by atoms with E-state index in [9.17, 15) is 5.11 Å². The monoisotopic (exact) mass is 252 g/mol. The second-order valence-corrected chi connectivity index (χ2v) is 4.75. The maximum atomic E-state index is 9.26. The van der Waals surface area contributed by atoms with Gasteiger partial charge in [0.1, 0.15) is 0 Å². The second-order valence-electron chi connectivity index (χ2n) is 4.75. The van der Waals surface area contributed by atoms with Crippen LogP contribution >= 0.6 is 0 Å². The fourth-order valence-electron chi connectivity index (χ4n) is 2.29. The summed E-state index contributed by atoms with van der Waals surface area (Å²) in [4.78, 5) is 4.67. The summed E-state index contributed by atoms with van der Waals surface area (Å²) in [7, 11) is 0. The Morgan fingerprint density at radius 2 is 1.53 bits per heavy atom. The molecule has 1 heterocycles. The normalized spacial score (nSPS) is 12.7. The van der Waals surface area contributed by atoms with Crippen LogP contribution in [0, 0.1) is 0 Å². The van der Waals surface area contributed by atoms with Crippen LogP contribution < -0.4 is 5.32 Å². The van der Waals surface area contributed by atoms with E-state index < -0.39 is 0 Å². The van der Waals surface area contributed by atoms with Gasteiger partial charge in [-0.05, 0) is 19.1 Å². The Morgan fingerprint density at radius 1 is 1.00 bits per heavy atom. The van der Waals surface area contributed by atoms with Gasteiger partial charge in [-0.25, -0.2) is 4.98 Å². The van der Waals surface area contributed by atoms with E-state index in [0.29, 0.717) is 0 Å². The summed E-state index contributed by atoms with van der Waals surface area (Å²) >= 11 is 0. The van der Waals surface area contributed by atoms with E-state index in [2.05, 4.69) is 22.4 Å². The number of aliphatic hydroxyl groups excluding tert-OH is 1. The van der Waals surface area contributed by atoms with Crippen molar-refractivity contribution in [1.29, 1.82) is 0 Å². The Labute approximate surface area is 111 Å². The Balaban J connectivity index is 2.33. The van der Waals surface area contributed by atoms with Gasteiger partial charge in [0.05, 0.1) is 23.3 Å². The van der Waals surface area contributed by atoms with E-state index in [-0.39, 0.29) is 12.6 Å². The predicted octanol–water partition coefficient (Wildman–Crippen LogP) is 3.18. The van der Waals surface area contributed by atoms with Gasteiger partial charge in [-0.2, -0.15) is 0 Å². The smallest absolute Gasteiger partial charge is 0.0730 e. The molecule has 0 radical (unpaired) electrons. The number of fused-ring (bicyclic) bond motifs is 2. The molecule has 0 fully saturated rings. The Hall–Kier alpha value is -2.13. The first-order valence-electron chi connectivity index (χ1n) is 6.44. The summed E-state index contributed by atoms with van der Waals surface area (Å²) in [5, 5.41) is 14.8. The minimum atomic E-state index is 0.00853. The highest BCUT2D eigenvalue weighted by molar-refractivity contribution is 6.07. The second kappa shape index (κ2) is 4.86. The molecule has 2 N–H and O–H groups in total. The van der Waals surface area contributed by atoms with Gasteiger partial charge in [-0.15, -0.1) is 0 Å². The van der Waals surface area contributed by atoms with Crippen LogP contribution in [0.5, 0.6) is 0 Å². The van der Waals surface area contributed by atoms with Crippen LogP contribution in [0.2, 0.25) is 0 Å². The molecular formula is C16H16N2O. The third-order valence-corrected chi connectivity index (χ3v) is 3.25. The minimum Gasteiger partial charge on any atom is -0.394 e. The van der Waals surface area contributed by atoms with Crippen LogP contribution in [0.1, 0.15) is 6.92 Å². The van der Waals surface area contributed by atoms with Gasteiger partial charge in [-0.3, -0.25) is 0 Å². The van der Waals surface area contributed by atoms with Crippen molar-refractivity contribution in [2.75, 3.05) is 11.9 Å². The topological polar surface area (TPSA) is 45.1 Å². The lowest BCUT2D eigenvalue weighted by molar-refractivity contribution is 0.281. The van der Waals surface area contributed by atoms with Crippen molar-refractivity contribution in [3.63, 3.8) is 0 Å². The molecule has 96 valence electrons. The van der Waals surface area contributed by atoms with Crippen molar-refractivity contribution in [2.45, 2.75) is 13.0 Å². The molecule has 0 spiro atoms. The van der Waals surface area contributed by atoms with Crippen molar-refractivity contribution >= 4 is 27.5 Å². The lowest BCUT2D eigenvalue weighted by Crippen LogP contribution is -2.19. The largest absolute Gasteiger partial charge is 0.394 e. The number of rotatable bonds is 3. The van der Waals surface area contributed by atoms with Crippen molar-refractivity contribution < 1.29 is 5.11 Å². The highest BCUT2D eigenvalue weighted by Crippen LogP contribution is 2.30. The molecule has 0 aliphatic rings. The molecule has 0 amide bonds. The average molecular weight is 252 g/mol. The van der Waals surface area contributed by atoms with Crippen molar-refractivity contribution in [3.8, 4) is 0 Å². The number of aromatic nitrogens is 1. The highest BCUT2D eigenvalue weighted by Gasteiger charge is 2.10. The molecule has 2 aromatic carbocycles. The SMILES string of the molecule is CC(CO)Nc1c2ccccc2nc2ccccc12. The van der Waals surface area contributed by atoms with Gasteiger partial charge >= 0.3 is 0 Å². The van der Waals surface area contributed by atoms with Crippen molar-refractivity contribution in [1.82, 2.24) is 4.98 Å². The zero-order valence-corrected chi connectivity index (χ0v) is 10.8. The van der Waals surface area contributed by atoms with E-state index in [1.165, 1.54) is 0 Å². The first-order chi connectivity index (χ1) is 9.29. The highest BCUT2D eigenvalue weighted by atomic mass is 16.3. The first-order valence-corrected chi connectivity index (χ1v) is 6.44. The molecule has 0 aliphatic carbocycles. The molecule has 1 aromatic heterocycles. The Bertz CT molecular complexity index is 670. The first kappa shape index (κ1) is 11.9. The molecule has 3 aromatic rings. The van der Waals surface area contributed by atoms with Crippen molar-refractivity contribution in [2.24, 2.45) is 0 Å². The number of benzene rings is 2. The zero-order chi connectivity index (χ0) is 13.2. The van der Waals surface area contributed by atoms with Gasteiger partial charge in [-0.1, -0.05) is 36.4 Å². The number of pyridine rings is 1. The number of para-hydroxylation sites is 2. The number of nitrogens with one attached hydrogen (secondary N) is 1. The molecule has 0 saturated carbocycles. The molecule has 0 aliphatic heterocycles. The summed E-state index contributed by atoms with van der Waals surface area (Å²) in [5.74, 6) is 0. The predicted molar refractivity (Wildman–Crippen MR) is 79.4 cm³/mol. The van der Waals surface area contributed by atoms with Gasteiger partial charge in [0.25, 0.3) is 0 Å². The third kappa shape index (κ3) is 2.13. The molecule has 3 heteroatoms. The van der Waals surface area contributed by atoms with Crippen LogP contribution in [0.15, 0.2) is 48.5 Å². The molecule has 19 heavy (non-hydrogen) atoms. The lowest BCUT2D eigenvalue weighted by Gasteiger charge is -2.17. The van der Waals surface area contributed by atoms with Gasteiger partial charge in [0.15, 0.2) is 0 Å². The summed E-state index contributed by atoms with van der Waals surface area (Å²) in [6.45, 7) is 2.06. The fraction of sp³-hybridized carbons (Fsp3) is 0.188. The zero-order valence-electron chi connectivity index (χ0n) is 10.8. The lowest BCUT2D eigenvalue weighted by atomic mass is 10.1. The molecular weight excluding hydrogens is 236 g/mol. The molecule has 0 bridgehead atoms. The minimum absolute atomic E-state index is 0.00853. The summed E-state index contributed by atoms with van der Waals surface area (Å²) < 4.78 is 0. The Morgan fingerprint density at radius 3 is 2.05 bits per heavy atom. The van der Waals surface area contributed by atoms with Gasteiger partial charge in [0.2, 0.25) is 0 Å². The molecule has 1 atom stereocenters. The quantitative estimate of drug-likeness (QED) is 0.704. The molecule has 3 rings (SSSR count). The van der Waals surface area contributed by atoms with Crippen LogP contribution in [0.3, 0.4) is 0 Å². The molecule has 0 saturated heterocycles. The summed E-state index contributed by atoms with van der Waals surface area (Å²) in [6.07, 6.45) is 0. The third-order valence-electron chi connectivity index (χ3n) is 3.25. The number of hydrogen-bond acceptors (Lipinski definition) is 3. The van der Waals surface area contributed by atoms with E-state index >= 15 is 0 Å². The number of anilines is 1. The summed E-state index contributed by atoms with van der Waals surface area (Å²) in [6, 6.07) is 16.1. The van der Waals surface area contributed by atoms with E-state index in [0.717, 1.165) is 27.5 Å². The molecule has 1 unspecified atom stereocenters. The number of aliphatic hydroxyl groups is 1. The number of hydrogen-bond donors (Lipinski definition) is 2. The van der Waals surface area contributed by atoms with E-state index in [4.69, 9.17) is 0 Å². The molecule has 3 nitrogen and oxygen atoms in total. The maximum Gasteiger partial charge on any atom is 0.0730 e. The van der Waals surface area contributed by atoms with Crippen LogP contribution in [-0.4, -0.2) is 22.7 Å². The van der Waals surface area contributed by atoms with Gasteiger partial charge in [0, 0.05) is 16.8 Å².